The van der Waals surface area contributed by atoms with E-state index < -0.39 is 0 Å². The van der Waals surface area contributed by atoms with Crippen LogP contribution in [0.1, 0.15) is 36.9 Å². The Balaban J connectivity index is 2.29. The molecule has 0 atom stereocenters. The fourth-order valence-electron chi connectivity index (χ4n) is 1.10. The van der Waals surface area contributed by atoms with Crippen molar-refractivity contribution in [3.8, 4) is 0 Å². The smallest absolute Gasteiger partial charge is 0.199 e. The molecule has 1 aromatic heterocycles. The Labute approximate surface area is 109 Å². The Hall–Kier alpha value is -0.190. The molecule has 0 bridgehead atoms. The number of carbonyl (C=O) groups excluding carboxylic acids is 1. The Morgan fingerprint density at radius 2 is 2.19 bits per heavy atom. The maximum Gasteiger partial charge on any atom is 0.199 e. The molecule has 0 spiro atoms. The fraction of sp³-hybridized carbons (Fsp3) is 0.583. The first kappa shape index (κ1) is 13.9. The van der Waals surface area contributed by atoms with Gasteiger partial charge in [-0.25, -0.2) is 0 Å². The van der Waals surface area contributed by atoms with E-state index in [4.69, 9.17) is 4.74 Å². The molecule has 4 heteroatoms. The van der Waals surface area contributed by atoms with Crippen LogP contribution >= 0.6 is 27.3 Å². The number of thiophene rings is 1. The van der Waals surface area contributed by atoms with E-state index in [1.165, 1.54) is 11.3 Å². The molecular weight excluding hydrogens is 288 g/mol. The molecule has 0 radical (unpaired) electrons. The summed E-state index contributed by atoms with van der Waals surface area (Å²) >= 11 is 4.79. The summed E-state index contributed by atoms with van der Waals surface area (Å²) in [6.45, 7) is 7.30. The van der Waals surface area contributed by atoms with E-state index in [0.717, 1.165) is 15.8 Å². The van der Waals surface area contributed by atoms with Crippen LogP contribution in [0.2, 0.25) is 0 Å². The minimum atomic E-state index is 0.0517. The fourth-order valence-corrected chi connectivity index (χ4v) is 2.62. The van der Waals surface area contributed by atoms with Crippen molar-refractivity contribution < 1.29 is 9.53 Å². The molecule has 0 aliphatic carbocycles. The number of Topliss-reactive ketones (excluding diaryl/α,β-unsaturated/α-hetero) is 1. The van der Waals surface area contributed by atoms with Crippen LogP contribution in [0.4, 0.5) is 0 Å². The number of ketones is 1. The molecule has 0 unspecified atom stereocenters. The van der Waals surface area contributed by atoms with Crippen LogP contribution in [0.25, 0.3) is 0 Å². The second-order valence-corrected chi connectivity index (χ2v) is 6.65. The van der Waals surface area contributed by atoms with Crippen LogP contribution in [0.5, 0.6) is 0 Å². The number of ether oxygens (including phenoxy) is 1. The third-order valence-electron chi connectivity index (χ3n) is 2.10. The number of hydrogen-bond donors (Lipinski definition) is 0. The molecule has 0 aliphatic rings. The molecule has 1 aromatic rings. The monoisotopic (exact) mass is 304 g/mol. The first-order valence-corrected chi connectivity index (χ1v) is 6.91. The van der Waals surface area contributed by atoms with Gasteiger partial charge in [-0.2, -0.15) is 0 Å². The summed E-state index contributed by atoms with van der Waals surface area (Å²) < 4.78 is 6.25. The van der Waals surface area contributed by atoms with Gasteiger partial charge >= 0.3 is 0 Å². The predicted octanol–water partition coefficient (Wildman–Crippen LogP) is 4.15. The van der Waals surface area contributed by atoms with Crippen molar-refractivity contribution in [3.05, 3.63) is 20.8 Å². The summed E-state index contributed by atoms with van der Waals surface area (Å²) in [7, 11) is 0. The van der Waals surface area contributed by atoms with Gasteiger partial charge in [0, 0.05) is 11.1 Å². The summed E-state index contributed by atoms with van der Waals surface area (Å²) in [6.07, 6.45) is 0.964. The molecule has 0 saturated heterocycles. The standard InChI is InChI=1S/C12H17BrO2S/c1-12(2,3)5-6-15-8-10(14)11-9(13)4-7-16-11/h4,7H,5-6,8H2,1-3H3. The highest BCUT2D eigenvalue weighted by molar-refractivity contribution is 9.10. The maximum atomic E-state index is 11.7. The van der Waals surface area contributed by atoms with Crippen molar-refractivity contribution in [2.24, 2.45) is 5.41 Å². The molecule has 0 aromatic carbocycles. The van der Waals surface area contributed by atoms with E-state index in [1.54, 1.807) is 0 Å². The minimum absolute atomic E-state index is 0.0517. The van der Waals surface area contributed by atoms with Crippen LogP contribution in [-0.4, -0.2) is 19.0 Å². The normalized spacial score (nSPS) is 11.8. The summed E-state index contributed by atoms with van der Waals surface area (Å²) in [6, 6.07) is 1.88. The van der Waals surface area contributed by atoms with Gasteiger partial charge in [-0.3, -0.25) is 4.79 Å². The maximum absolute atomic E-state index is 11.7. The van der Waals surface area contributed by atoms with Gasteiger partial charge in [-0.05, 0) is 39.2 Å². The molecule has 90 valence electrons. The van der Waals surface area contributed by atoms with Gasteiger partial charge in [-0.1, -0.05) is 20.8 Å². The zero-order valence-electron chi connectivity index (χ0n) is 9.88. The highest BCUT2D eigenvalue weighted by Gasteiger charge is 2.13. The van der Waals surface area contributed by atoms with Crippen LogP contribution in [0.15, 0.2) is 15.9 Å². The van der Waals surface area contributed by atoms with Gasteiger partial charge in [0.2, 0.25) is 0 Å². The first-order chi connectivity index (χ1) is 7.40. The highest BCUT2D eigenvalue weighted by Crippen LogP contribution is 2.23. The zero-order valence-corrected chi connectivity index (χ0v) is 12.3. The third-order valence-corrected chi connectivity index (χ3v) is 3.98. The molecule has 2 nitrogen and oxygen atoms in total. The Bertz CT molecular complexity index is 352. The molecule has 0 saturated carbocycles. The quantitative estimate of drug-likeness (QED) is 0.603. The molecule has 16 heavy (non-hydrogen) atoms. The number of carbonyl (C=O) groups is 1. The van der Waals surface area contributed by atoms with E-state index in [0.29, 0.717) is 6.61 Å². The summed E-state index contributed by atoms with van der Waals surface area (Å²) in [5.74, 6) is 0.0517. The van der Waals surface area contributed by atoms with Gasteiger partial charge in [0.25, 0.3) is 0 Å². The molecular formula is C12H17BrO2S. The van der Waals surface area contributed by atoms with Crippen LogP contribution in [-0.2, 0) is 4.74 Å². The van der Waals surface area contributed by atoms with Crippen LogP contribution in [0, 0.1) is 5.41 Å². The minimum Gasteiger partial charge on any atom is -0.373 e. The highest BCUT2D eigenvalue weighted by atomic mass is 79.9. The van der Waals surface area contributed by atoms with Gasteiger partial charge in [0.15, 0.2) is 5.78 Å². The van der Waals surface area contributed by atoms with Crippen LogP contribution in [0.3, 0.4) is 0 Å². The topological polar surface area (TPSA) is 26.3 Å². The molecule has 1 heterocycles. The molecule has 0 amide bonds. The zero-order chi connectivity index (χ0) is 12.2. The first-order valence-electron chi connectivity index (χ1n) is 5.24. The van der Waals surface area contributed by atoms with Crippen molar-refractivity contribution in [3.63, 3.8) is 0 Å². The molecule has 0 N–H and O–H groups in total. The molecule has 0 fully saturated rings. The average molecular weight is 305 g/mol. The van der Waals surface area contributed by atoms with Gasteiger partial charge in [-0.15, -0.1) is 11.3 Å². The Morgan fingerprint density at radius 1 is 1.50 bits per heavy atom. The lowest BCUT2D eigenvalue weighted by Gasteiger charge is -2.17. The van der Waals surface area contributed by atoms with E-state index in [1.807, 2.05) is 11.4 Å². The van der Waals surface area contributed by atoms with Crippen molar-refractivity contribution in [2.45, 2.75) is 27.2 Å². The van der Waals surface area contributed by atoms with Crippen LogP contribution < -0.4 is 0 Å². The summed E-state index contributed by atoms with van der Waals surface area (Å²) in [5, 5.41) is 1.90. The molecule has 0 aliphatic heterocycles. The summed E-state index contributed by atoms with van der Waals surface area (Å²) in [4.78, 5) is 12.5. The SMILES string of the molecule is CC(C)(C)CCOCC(=O)c1sccc1Br. The number of halogens is 1. The van der Waals surface area contributed by atoms with Gasteiger partial charge in [0.05, 0.1) is 4.88 Å². The van der Waals surface area contributed by atoms with E-state index in [-0.39, 0.29) is 17.8 Å². The third kappa shape index (κ3) is 4.76. The number of hydrogen-bond acceptors (Lipinski definition) is 3. The lowest BCUT2D eigenvalue weighted by Crippen LogP contribution is -2.13. The Kier molecular flexibility index (Phi) is 5.15. The lowest BCUT2D eigenvalue weighted by atomic mass is 9.93. The summed E-state index contributed by atoms with van der Waals surface area (Å²) in [5.41, 5.74) is 0.257. The van der Waals surface area contributed by atoms with E-state index >= 15 is 0 Å². The molecule has 1 rings (SSSR count). The van der Waals surface area contributed by atoms with Crippen molar-refractivity contribution in [1.29, 1.82) is 0 Å². The van der Waals surface area contributed by atoms with Crippen molar-refractivity contribution in [2.75, 3.05) is 13.2 Å². The van der Waals surface area contributed by atoms with Crippen molar-refractivity contribution in [1.82, 2.24) is 0 Å². The second kappa shape index (κ2) is 5.94. The van der Waals surface area contributed by atoms with E-state index in [9.17, 15) is 4.79 Å². The second-order valence-electron chi connectivity index (χ2n) is 4.88. The predicted molar refractivity (Wildman–Crippen MR) is 71.2 cm³/mol. The largest absolute Gasteiger partial charge is 0.373 e. The van der Waals surface area contributed by atoms with Gasteiger partial charge in [0.1, 0.15) is 6.61 Å². The van der Waals surface area contributed by atoms with Crippen molar-refractivity contribution >= 4 is 33.0 Å². The average Bonchev–Trinajstić information content (AvgIpc) is 2.57. The van der Waals surface area contributed by atoms with E-state index in [2.05, 4.69) is 36.7 Å². The number of rotatable bonds is 5. The lowest BCUT2D eigenvalue weighted by molar-refractivity contribution is 0.0708. The van der Waals surface area contributed by atoms with Gasteiger partial charge < -0.3 is 4.74 Å². The Morgan fingerprint density at radius 3 is 2.69 bits per heavy atom.